The predicted molar refractivity (Wildman–Crippen MR) is 74.6 cm³/mol. The summed E-state index contributed by atoms with van der Waals surface area (Å²) in [7, 11) is 1.64. The number of carbonyl (C=O) groups is 2. The third kappa shape index (κ3) is 1.82. The number of benzene rings is 1. The monoisotopic (exact) mass is 273 g/mol. The van der Waals surface area contributed by atoms with Crippen molar-refractivity contribution in [3.05, 3.63) is 29.3 Å². The van der Waals surface area contributed by atoms with Gasteiger partial charge in [-0.25, -0.2) is 0 Å². The summed E-state index contributed by atoms with van der Waals surface area (Å²) in [6.07, 6.45) is 1.96. The highest BCUT2D eigenvalue weighted by atomic mass is 16.5. The highest BCUT2D eigenvalue weighted by molar-refractivity contribution is 6.00. The van der Waals surface area contributed by atoms with Gasteiger partial charge in [0.15, 0.2) is 0 Å². The molecule has 2 aliphatic rings. The van der Waals surface area contributed by atoms with Crippen LogP contribution in [0.1, 0.15) is 36.8 Å². The number of amides is 2. The third-order valence-electron chi connectivity index (χ3n) is 4.40. The number of likely N-dealkylation sites (tertiary alicyclic amines) is 1. The first-order valence-electron chi connectivity index (χ1n) is 7.17. The van der Waals surface area contributed by atoms with E-state index in [1.807, 2.05) is 25.1 Å². The molecule has 1 aromatic rings. The molecule has 1 fully saturated rings. The van der Waals surface area contributed by atoms with Gasteiger partial charge in [-0.05, 0) is 24.5 Å². The first-order chi connectivity index (χ1) is 9.67. The lowest BCUT2D eigenvalue weighted by molar-refractivity contribution is -0.152. The number of methoxy groups -OCH3 is 1. The fourth-order valence-corrected chi connectivity index (χ4v) is 3.53. The molecule has 0 aromatic heterocycles. The zero-order chi connectivity index (χ0) is 14.3. The van der Waals surface area contributed by atoms with Crippen molar-refractivity contribution < 1.29 is 14.3 Å². The molecule has 1 heterocycles. The Morgan fingerprint density at radius 1 is 1.25 bits per heavy atom. The highest BCUT2D eigenvalue weighted by Gasteiger charge is 2.47. The number of piperidine rings is 1. The number of imide groups is 1. The molecule has 0 N–H and O–H groups in total. The molecule has 2 atom stereocenters. The maximum Gasteiger partial charge on any atom is 0.233 e. The second-order valence-corrected chi connectivity index (χ2v) is 5.54. The summed E-state index contributed by atoms with van der Waals surface area (Å²) in [5.41, 5.74) is 2.22. The Balaban J connectivity index is 1.98. The molecule has 20 heavy (non-hydrogen) atoms. The number of rotatable bonds is 3. The second kappa shape index (κ2) is 4.93. The second-order valence-electron chi connectivity index (χ2n) is 5.54. The van der Waals surface area contributed by atoms with Gasteiger partial charge >= 0.3 is 0 Å². The van der Waals surface area contributed by atoms with Gasteiger partial charge in [0.05, 0.1) is 13.0 Å². The maximum absolute atomic E-state index is 12.5. The van der Waals surface area contributed by atoms with Gasteiger partial charge in [0, 0.05) is 24.4 Å². The third-order valence-corrected chi connectivity index (χ3v) is 4.40. The maximum atomic E-state index is 12.5. The van der Waals surface area contributed by atoms with Gasteiger partial charge in [-0.3, -0.25) is 14.5 Å². The number of fused-ring (bicyclic) bond motifs is 3. The average molecular weight is 273 g/mol. The lowest BCUT2D eigenvalue weighted by Crippen LogP contribution is -2.47. The van der Waals surface area contributed by atoms with Crippen LogP contribution < -0.4 is 4.74 Å². The average Bonchev–Trinajstić information content (AvgIpc) is 2.82. The predicted octanol–water partition coefficient (Wildman–Crippen LogP) is 2.12. The van der Waals surface area contributed by atoms with Crippen molar-refractivity contribution in [3.8, 4) is 5.75 Å². The summed E-state index contributed by atoms with van der Waals surface area (Å²) >= 11 is 0. The number of carbonyl (C=O) groups excluding carboxylic acids is 2. The van der Waals surface area contributed by atoms with Gasteiger partial charge in [-0.15, -0.1) is 0 Å². The zero-order valence-corrected chi connectivity index (χ0v) is 11.9. The summed E-state index contributed by atoms with van der Waals surface area (Å²) < 4.78 is 5.41. The molecule has 4 nitrogen and oxygen atoms in total. The van der Waals surface area contributed by atoms with Crippen LogP contribution in [0, 0.1) is 5.92 Å². The van der Waals surface area contributed by atoms with Gasteiger partial charge in [-0.2, -0.15) is 0 Å². The quantitative estimate of drug-likeness (QED) is 0.792. The Morgan fingerprint density at radius 2 is 2.05 bits per heavy atom. The standard InChI is InChI=1S/C16H19NO3/c1-3-7-17-14(18)9-11-12(16(17)19)8-10-5-4-6-13(20-2)15(10)11/h4-6,11-12H,3,7-9H2,1-2H3/t11-,12-/m1/s1. The van der Waals surface area contributed by atoms with Crippen LogP contribution in [0.3, 0.4) is 0 Å². The fourth-order valence-electron chi connectivity index (χ4n) is 3.53. The lowest BCUT2D eigenvalue weighted by atomic mass is 9.84. The van der Waals surface area contributed by atoms with Crippen LogP contribution in [0.5, 0.6) is 5.75 Å². The SMILES string of the molecule is CCCN1C(=O)C[C@H]2c3c(cccc3OC)C[C@H]2C1=O. The summed E-state index contributed by atoms with van der Waals surface area (Å²) in [6.45, 7) is 2.52. The van der Waals surface area contributed by atoms with Gasteiger partial charge in [0.2, 0.25) is 11.8 Å². The van der Waals surface area contributed by atoms with E-state index in [9.17, 15) is 9.59 Å². The first kappa shape index (κ1) is 13.2. The van der Waals surface area contributed by atoms with E-state index >= 15 is 0 Å². The molecular weight excluding hydrogens is 254 g/mol. The van der Waals surface area contributed by atoms with Crippen LogP contribution in [0.15, 0.2) is 18.2 Å². The fraction of sp³-hybridized carbons (Fsp3) is 0.500. The van der Waals surface area contributed by atoms with Gasteiger partial charge in [-0.1, -0.05) is 19.1 Å². The van der Waals surface area contributed by atoms with Crippen LogP contribution in [-0.2, 0) is 16.0 Å². The van der Waals surface area contributed by atoms with Crippen molar-refractivity contribution in [2.45, 2.75) is 32.1 Å². The summed E-state index contributed by atoms with van der Waals surface area (Å²) in [4.78, 5) is 26.2. The first-order valence-corrected chi connectivity index (χ1v) is 7.17. The van der Waals surface area contributed by atoms with E-state index < -0.39 is 0 Å². The van der Waals surface area contributed by atoms with E-state index in [0.29, 0.717) is 13.0 Å². The van der Waals surface area contributed by atoms with E-state index in [-0.39, 0.29) is 23.7 Å². The van der Waals surface area contributed by atoms with Crippen LogP contribution in [0.2, 0.25) is 0 Å². The molecule has 1 saturated heterocycles. The topological polar surface area (TPSA) is 46.6 Å². The van der Waals surface area contributed by atoms with Gasteiger partial charge in [0.1, 0.15) is 5.75 Å². The molecule has 0 bridgehead atoms. The van der Waals surface area contributed by atoms with Gasteiger partial charge < -0.3 is 4.74 Å². The minimum Gasteiger partial charge on any atom is -0.496 e. The molecule has 4 heteroatoms. The lowest BCUT2D eigenvalue weighted by Gasteiger charge is -2.33. The molecule has 3 rings (SSSR count). The van der Waals surface area contributed by atoms with Crippen molar-refractivity contribution in [3.63, 3.8) is 0 Å². The van der Waals surface area contributed by atoms with E-state index in [1.54, 1.807) is 7.11 Å². The minimum absolute atomic E-state index is 0.00532. The summed E-state index contributed by atoms with van der Waals surface area (Å²) in [5.74, 6) is 0.655. The van der Waals surface area contributed by atoms with Crippen LogP contribution >= 0.6 is 0 Å². The molecule has 1 aliphatic heterocycles. The Hall–Kier alpha value is -1.84. The molecule has 0 radical (unpaired) electrons. The number of hydrogen-bond acceptors (Lipinski definition) is 3. The summed E-state index contributed by atoms with van der Waals surface area (Å²) in [6, 6.07) is 5.90. The molecule has 106 valence electrons. The van der Waals surface area contributed by atoms with Crippen molar-refractivity contribution in [2.24, 2.45) is 5.92 Å². The highest BCUT2D eigenvalue weighted by Crippen LogP contribution is 2.47. The molecular formula is C16H19NO3. The van der Waals surface area contributed by atoms with Crippen LogP contribution in [-0.4, -0.2) is 30.4 Å². The molecule has 1 aliphatic carbocycles. The van der Waals surface area contributed by atoms with Gasteiger partial charge in [0.25, 0.3) is 0 Å². The Labute approximate surface area is 118 Å². The Kier molecular flexibility index (Phi) is 3.24. The number of hydrogen-bond donors (Lipinski definition) is 0. The van der Waals surface area contributed by atoms with Crippen molar-refractivity contribution in [2.75, 3.05) is 13.7 Å². The molecule has 0 spiro atoms. The minimum atomic E-state index is -0.0921. The van der Waals surface area contributed by atoms with Crippen molar-refractivity contribution >= 4 is 11.8 Å². The molecule has 1 aromatic carbocycles. The van der Waals surface area contributed by atoms with Crippen LogP contribution in [0.4, 0.5) is 0 Å². The molecule has 0 saturated carbocycles. The van der Waals surface area contributed by atoms with Crippen molar-refractivity contribution in [1.82, 2.24) is 4.90 Å². The number of ether oxygens (including phenoxy) is 1. The van der Waals surface area contributed by atoms with E-state index in [4.69, 9.17) is 4.74 Å². The van der Waals surface area contributed by atoms with E-state index in [2.05, 4.69) is 0 Å². The normalized spacial score (nSPS) is 24.6. The Bertz CT molecular complexity index is 567. The van der Waals surface area contributed by atoms with Crippen LogP contribution in [0.25, 0.3) is 0 Å². The van der Waals surface area contributed by atoms with Crippen molar-refractivity contribution in [1.29, 1.82) is 0 Å². The largest absolute Gasteiger partial charge is 0.496 e. The smallest absolute Gasteiger partial charge is 0.233 e. The van der Waals surface area contributed by atoms with E-state index in [1.165, 1.54) is 4.90 Å². The molecule has 0 unspecified atom stereocenters. The number of nitrogens with zero attached hydrogens (tertiary/aromatic N) is 1. The zero-order valence-electron chi connectivity index (χ0n) is 11.9. The molecule has 2 amide bonds. The summed E-state index contributed by atoms with van der Waals surface area (Å²) in [5, 5.41) is 0. The Morgan fingerprint density at radius 3 is 2.75 bits per heavy atom. The van der Waals surface area contributed by atoms with E-state index in [0.717, 1.165) is 29.7 Å².